The summed E-state index contributed by atoms with van der Waals surface area (Å²) in [5.41, 5.74) is 7.81. The monoisotopic (exact) mass is 765 g/mol. The van der Waals surface area contributed by atoms with E-state index in [2.05, 4.69) is 30.2 Å². The molecule has 16 heteroatoms. The number of fused-ring (bicyclic) bond motifs is 2. The molecule has 3 N–H and O–H groups in total. The molecule has 0 bridgehead atoms. The number of rotatable bonds is 9. The van der Waals surface area contributed by atoms with Gasteiger partial charge in [0.2, 0.25) is 0 Å². The summed E-state index contributed by atoms with van der Waals surface area (Å²) in [7, 11) is 0. The molecular weight excluding hydrogens is 729 g/mol. The number of nitrogen functional groups attached to an aromatic ring is 1. The van der Waals surface area contributed by atoms with Crippen molar-refractivity contribution < 1.29 is 23.0 Å². The van der Waals surface area contributed by atoms with E-state index in [1.165, 1.54) is 34.4 Å². The Morgan fingerprint density at radius 1 is 1.05 bits per heavy atom. The number of hydrogen-bond acceptors (Lipinski definition) is 11. The number of aromatic nitrogens is 5. The summed E-state index contributed by atoms with van der Waals surface area (Å²) in [6, 6.07) is 20.7. The molecule has 2 unspecified atom stereocenters. The van der Waals surface area contributed by atoms with Gasteiger partial charge in [0.05, 0.1) is 41.5 Å². The van der Waals surface area contributed by atoms with Crippen LogP contribution < -0.4 is 26.2 Å². The van der Waals surface area contributed by atoms with Gasteiger partial charge >= 0.3 is 0 Å². The number of nitrogens with zero attached hydrogens (tertiary/aromatic N) is 7. The number of amides is 1. The van der Waals surface area contributed by atoms with Gasteiger partial charge in [-0.15, -0.1) is 11.3 Å². The first-order valence-electron chi connectivity index (χ1n) is 18.1. The predicted octanol–water partition coefficient (Wildman–Crippen LogP) is 4.87. The van der Waals surface area contributed by atoms with Crippen LogP contribution in [0.25, 0.3) is 16.0 Å². The average Bonchev–Trinajstić information content (AvgIpc) is 4.01. The van der Waals surface area contributed by atoms with Crippen molar-refractivity contribution in [2.24, 2.45) is 5.92 Å². The Balaban J connectivity index is 0.902. The summed E-state index contributed by atoms with van der Waals surface area (Å²) in [5.74, 6) is -0.965. The molecular formula is C39H37F2N9O4S. The van der Waals surface area contributed by atoms with Gasteiger partial charge in [-0.2, -0.15) is 5.10 Å². The highest BCUT2D eigenvalue weighted by Gasteiger charge is 2.45. The van der Waals surface area contributed by atoms with E-state index in [-0.39, 0.29) is 30.2 Å². The maximum absolute atomic E-state index is 15.1. The van der Waals surface area contributed by atoms with Gasteiger partial charge in [0, 0.05) is 43.0 Å². The van der Waals surface area contributed by atoms with Crippen LogP contribution in [0.4, 0.5) is 26.0 Å². The maximum Gasteiger partial charge on any atom is 0.298 e. The van der Waals surface area contributed by atoms with Crippen LogP contribution >= 0.6 is 11.3 Å². The minimum Gasteiger partial charge on any atom is -0.490 e. The fraction of sp³-hybridized carbons (Fsp3) is 0.308. The molecule has 2 saturated heterocycles. The number of carbonyl (C=O) groups excluding carboxylic acids is 1. The smallest absolute Gasteiger partial charge is 0.298 e. The molecule has 13 nitrogen and oxygen atoms in total. The summed E-state index contributed by atoms with van der Waals surface area (Å²) < 4.78 is 44.4. The summed E-state index contributed by atoms with van der Waals surface area (Å²) in [4.78, 5) is 40.9. The van der Waals surface area contributed by atoms with E-state index in [4.69, 9.17) is 15.2 Å². The van der Waals surface area contributed by atoms with Gasteiger partial charge in [0.15, 0.2) is 5.82 Å². The van der Waals surface area contributed by atoms with Crippen molar-refractivity contribution in [3.8, 4) is 11.4 Å². The van der Waals surface area contributed by atoms with Crippen LogP contribution in [-0.2, 0) is 16.9 Å². The lowest BCUT2D eigenvalue weighted by molar-refractivity contribution is -0.0205. The molecule has 0 aliphatic carbocycles. The Kier molecular flexibility index (Phi) is 9.02. The molecule has 6 aromatic rings. The molecule has 1 amide bonds. The third-order valence-electron chi connectivity index (χ3n) is 10.6. The van der Waals surface area contributed by atoms with E-state index in [9.17, 15) is 14.0 Å². The van der Waals surface area contributed by atoms with Gasteiger partial charge in [-0.25, -0.2) is 23.4 Å². The normalized spacial score (nSPS) is 21.2. The fourth-order valence-corrected chi connectivity index (χ4v) is 9.05. The minimum absolute atomic E-state index is 0.0632. The van der Waals surface area contributed by atoms with Crippen molar-refractivity contribution >= 4 is 44.8 Å². The lowest BCUT2D eigenvalue weighted by Gasteiger charge is -2.31. The summed E-state index contributed by atoms with van der Waals surface area (Å²) in [6.45, 7) is 3.85. The van der Waals surface area contributed by atoms with Crippen molar-refractivity contribution in [1.82, 2.24) is 34.5 Å². The highest BCUT2D eigenvalue weighted by Crippen LogP contribution is 2.43. The van der Waals surface area contributed by atoms with Crippen molar-refractivity contribution in [3.63, 3.8) is 0 Å². The van der Waals surface area contributed by atoms with Crippen LogP contribution in [0.2, 0.25) is 0 Å². The van der Waals surface area contributed by atoms with Crippen LogP contribution in [0.5, 0.6) is 5.75 Å². The average molecular weight is 766 g/mol. The van der Waals surface area contributed by atoms with Gasteiger partial charge in [0.1, 0.15) is 47.1 Å². The number of nitrogens with one attached hydrogen (secondary N) is 1. The Hall–Kier alpha value is -5.71. The summed E-state index contributed by atoms with van der Waals surface area (Å²) >= 11 is 1.18. The number of thiophene rings is 1. The Morgan fingerprint density at radius 3 is 2.75 bits per heavy atom. The zero-order valence-corrected chi connectivity index (χ0v) is 30.4. The second-order valence-corrected chi connectivity index (χ2v) is 15.3. The molecule has 0 saturated carbocycles. The number of benzene rings is 3. The Morgan fingerprint density at radius 2 is 1.93 bits per heavy atom. The van der Waals surface area contributed by atoms with E-state index in [0.29, 0.717) is 71.5 Å². The second-order valence-electron chi connectivity index (χ2n) is 14.2. The third-order valence-corrected chi connectivity index (χ3v) is 11.6. The zero-order chi connectivity index (χ0) is 37.7. The molecule has 282 valence electrons. The van der Waals surface area contributed by atoms with Crippen LogP contribution in [0.1, 0.15) is 28.1 Å². The van der Waals surface area contributed by atoms with Crippen LogP contribution in [0, 0.1) is 17.6 Å². The summed E-state index contributed by atoms with van der Waals surface area (Å²) in [6.07, 6.45) is 4.21. The van der Waals surface area contributed by atoms with Gasteiger partial charge in [-0.05, 0) is 61.2 Å². The topological polar surface area (TPSA) is 146 Å². The van der Waals surface area contributed by atoms with Gasteiger partial charge in [-0.1, -0.05) is 24.3 Å². The number of carbonyl (C=O) groups is 1. The molecule has 3 aliphatic heterocycles. The first-order chi connectivity index (χ1) is 26.7. The van der Waals surface area contributed by atoms with E-state index in [0.717, 1.165) is 30.4 Å². The Bertz CT molecular complexity index is 2440. The SMILES string of the molecule is Nc1nc2sc(C(=O)N[C@H]3CCN(CC4COC(Cn5cncn5)(c5ccc(F)cc5F)C4)C3)cc2n(-c2ccc3c(c2)N(c2ccccc2)CCO3)c1=O. The van der Waals surface area contributed by atoms with Gasteiger partial charge in [-0.3, -0.25) is 14.2 Å². The number of hydrogen-bond donors (Lipinski definition) is 2. The van der Waals surface area contributed by atoms with E-state index in [1.54, 1.807) is 17.1 Å². The number of ether oxygens (including phenoxy) is 2. The predicted molar refractivity (Wildman–Crippen MR) is 203 cm³/mol. The number of para-hydroxylation sites is 1. The number of anilines is 3. The van der Waals surface area contributed by atoms with Crippen LogP contribution in [-0.4, -0.2) is 80.6 Å². The first-order valence-corrected chi connectivity index (χ1v) is 18.9. The molecule has 3 aromatic carbocycles. The molecule has 9 rings (SSSR count). The largest absolute Gasteiger partial charge is 0.490 e. The van der Waals surface area contributed by atoms with Gasteiger partial charge in [0.25, 0.3) is 11.5 Å². The number of likely N-dealkylation sites (tertiary alicyclic amines) is 1. The zero-order valence-electron chi connectivity index (χ0n) is 29.6. The minimum atomic E-state index is -1.03. The maximum atomic E-state index is 15.1. The molecule has 55 heavy (non-hydrogen) atoms. The highest BCUT2D eigenvalue weighted by atomic mass is 32.1. The van der Waals surface area contributed by atoms with E-state index < -0.39 is 22.8 Å². The fourth-order valence-electron chi connectivity index (χ4n) is 8.12. The molecule has 2 fully saturated rings. The quantitative estimate of drug-likeness (QED) is 0.209. The Labute approximate surface area is 317 Å². The van der Waals surface area contributed by atoms with Gasteiger partial charge < -0.3 is 30.3 Å². The van der Waals surface area contributed by atoms with Crippen molar-refractivity contribution in [1.29, 1.82) is 0 Å². The standard InChI is InChI=1S/C39H37F2N9O4S/c40-25-6-8-29(30(41)14-25)39(21-48-23-43-22-44-48)17-24(20-54-39)18-47-11-10-26(19-47)45-36(51)34-16-32-37(55-34)46-35(42)38(52)50(32)28-7-9-33-31(15-28)49(12-13-53-33)27-4-2-1-3-5-27/h1-9,14-16,22-24,26H,10-13,17-21H2,(H2,42,46)(H,45,51)/t24?,26-,39?/m0/s1. The molecule has 0 spiro atoms. The highest BCUT2D eigenvalue weighted by molar-refractivity contribution is 7.20. The molecule has 3 aliphatic rings. The first kappa shape index (κ1) is 35.0. The van der Waals surface area contributed by atoms with Crippen LogP contribution in [0.3, 0.4) is 0 Å². The number of halogens is 2. The second kappa shape index (κ2) is 14.2. The van der Waals surface area contributed by atoms with Crippen molar-refractivity contribution in [3.05, 3.63) is 118 Å². The molecule has 3 atom stereocenters. The van der Waals surface area contributed by atoms with Crippen molar-refractivity contribution in [2.45, 2.75) is 31.0 Å². The third kappa shape index (κ3) is 6.70. The van der Waals surface area contributed by atoms with Crippen molar-refractivity contribution in [2.75, 3.05) is 50.0 Å². The van der Waals surface area contributed by atoms with E-state index >= 15 is 4.39 Å². The lowest BCUT2D eigenvalue weighted by atomic mass is 9.86. The molecule has 6 heterocycles. The van der Waals surface area contributed by atoms with E-state index in [1.807, 2.05) is 48.5 Å². The molecule has 0 radical (unpaired) electrons. The number of nitrogens with two attached hydrogens (primary N) is 1. The van der Waals surface area contributed by atoms with Crippen LogP contribution in [0.15, 0.2) is 90.2 Å². The summed E-state index contributed by atoms with van der Waals surface area (Å²) in [5, 5.41) is 7.38. The lowest BCUT2D eigenvalue weighted by Crippen LogP contribution is -2.38. The molecule has 3 aromatic heterocycles.